The second-order valence-corrected chi connectivity index (χ2v) is 2.15. The predicted octanol–water partition coefficient (Wildman–Crippen LogP) is -1.92. The van der Waals surface area contributed by atoms with Gasteiger partial charge < -0.3 is 22.3 Å². The highest BCUT2D eigenvalue weighted by molar-refractivity contribution is 5.92. The van der Waals surface area contributed by atoms with Gasteiger partial charge in [0.25, 0.3) is 0 Å². The van der Waals surface area contributed by atoms with E-state index in [-0.39, 0.29) is 11.9 Å². The van der Waals surface area contributed by atoms with E-state index in [9.17, 15) is 9.59 Å². The van der Waals surface area contributed by atoms with Gasteiger partial charge in [0.1, 0.15) is 0 Å². The maximum absolute atomic E-state index is 9.78. The van der Waals surface area contributed by atoms with Crippen LogP contribution in [-0.4, -0.2) is 32.2 Å². The maximum atomic E-state index is 9.78. The van der Waals surface area contributed by atoms with E-state index in [1.54, 1.807) is 0 Å². The molecule has 0 bridgehead atoms. The molecule has 9 nitrogen and oxygen atoms in total. The number of nitrogens with two attached hydrogens (primary N) is 3. The molecule has 0 aromatic carbocycles. The van der Waals surface area contributed by atoms with Crippen molar-refractivity contribution in [1.29, 1.82) is 0 Å². The van der Waals surface area contributed by atoms with Crippen molar-refractivity contribution >= 4 is 23.8 Å². The highest BCUT2D eigenvalue weighted by Gasteiger charge is 1.87. The van der Waals surface area contributed by atoms with Gasteiger partial charge in [-0.25, -0.2) is 9.89 Å². The Balaban J connectivity index is 0.000000262. The first-order chi connectivity index (χ1) is 6.91. The van der Waals surface area contributed by atoms with Crippen LogP contribution in [0.1, 0.15) is 0 Å². The Labute approximate surface area is 84.0 Å². The number of nitrogens with zero attached hydrogens (tertiary/aromatic N) is 2. The highest BCUT2D eigenvalue weighted by atomic mass is 16.4. The summed E-state index contributed by atoms with van der Waals surface area (Å²) in [6.45, 7) is 0. The van der Waals surface area contributed by atoms with Crippen molar-refractivity contribution in [2.24, 2.45) is 5.73 Å². The number of anilines is 2. The first-order valence-corrected chi connectivity index (χ1v) is 3.55. The Hall–Kier alpha value is -2.58. The minimum atomic E-state index is -1.18. The van der Waals surface area contributed by atoms with E-state index in [2.05, 4.69) is 20.9 Å². The molecule has 1 aromatic heterocycles. The molecule has 1 rings (SSSR count). The number of carbonyl (C=O) groups is 2. The molecule has 1 heterocycles. The van der Waals surface area contributed by atoms with E-state index in [4.69, 9.17) is 16.6 Å². The number of hydrogen-bond donors (Lipinski definition) is 5. The number of carboxylic acid groups (broad SMARTS) is 1. The summed E-state index contributed by atoms with van der Waals surface area (Å²) in [6.07, 6.45) is 1.46. The van der Waals surface area contributed by atoms with Gasteiger partial charge in [-0.1, -0.05) is 0 Å². The van der Waals surface area contributed by atoms with Crippen molar-refractivity contribution in [3.63, 3.8) is 0 Å². The van der Waals surface area contributed by atoms with Crippen molar-refractivity contribution in [1.82, 2.24) is 15.2 Å². The summed E-state index contributed by atoms with van der Waals surface area (Å²) >= 11 is 0. The third-order valence-electron chi connectivity index (χ3n) is 0.910. The zero-order chi connectivity index (χ0) is 11.8. The molecule has 1 amide bonds. The lowest BCUT2D eigenvalue weighted by molar-refractivity contribution is -0.131. The second-order valence-electron chi connectivity index (χ2n) is 2.15. The van der Waals surface area contributed by atoms with Crippen molar-refractivity contribution in [3.05, 3.63) is 12.2 Å². The lowest BCUT2D eigenvalue weighted by atomic mass is 10.5. The van der Waals surface area contributed by atoms with Gasteiger partial charge in [0.05, 0.1) is 0 Å². The van der Waals surface area contributed by atoms with Gasteiger partial charge in [-0.15, -0.1) is 5.10 Å². The fraction of sp³-hybridized carbons (Fsp3) is 0. The van der Waals surface area contributed by atoms with Crippen LogP contribution in [0, 0.1) is 0 Å². The monoisotopic (exact) mass is 214 g/mol. The van der Waals surface area contributed by atoms with E-state index >= 15 is 0 Å². The van der Waals surface area contributed by atoms with Crippen molar-refractivity contribution in [2.75, 3.05) is 11.5 Å². The number of aromatic nitrogens is 3. The number of primary amides is 1. The van der Waals surface area contributed by atoms with Crippen LogP contribution in [0.2, 0.25) is 0 Å². The molecule has 0 aliphatic carbocycles. The summed E-state index contributed by atoms with van der Waals surface area (Å²) in [4.78, 5) is 22.9. The summed E-state index contributed by atoms with van der Waals surface area (Å²) in [6, 6.07) is 0. The molecule has 0 aliphatic heterocycles. The molecule has 0 fully saturated rings. The van der Waals surface area contributed by atoms with E-state index in [0.29, 0.717) is 6.08 Å². The molecule has 0 saturated carbocycles. The number of nitrogen functional groups attached to an aromatic ring is 2. The molecule has 9 heteroatoms. The van der Waals surface area contributed by atoms with Gasteiger partial charge in [0.2, 0.25) is 17.8 Å². The molecule has 15 heavy (non-hydrogen) atoms. The third kappa shape index (κ3) is 7.77. The number of carbonyl (C=O) groups excluding carboxylic acids is 1. The normalized spacial score (nSPS) is 9.33. The molecule has 0 atom stereocenters. The molecule has 0 aliphatic rings. The first-order valence-electron chi connectivity index (χ1n) is 3.55. The zero-order valence-corrected chi connectivity index (χ0v) is 7.54. The summed E-state index contributed by atoms with van der Waals surface area (Å²) < 4.78 is 0. The first kappa shape index (κ1) is 12.4. The van der Waals surface area contributed by atoms with E-state index in [1.165, 1.54) is 0 Å². The van der Waals surface area contributed by atoms with E-state index < -0.39 is 11.9 Å². The van der Waals surface area contributed by atoms with Crippen LogP contribution < -0.4 is 17.2 Å². The van der Waals surface area contributed by atoms with Crippen LogP contribution in [0.5, 0.6) is 0 Å². The summed E-state index contributed by atoms with van der Waals surface area (Å²) in [5.74, 6) is -1.51. The molecule has 82 valence electrons. The number of carboxylic acids is 1. The number of hydrogen-bond acceptors (Lipinski definition) is 6. The van der Waals surface area contributed by atoms with Gasteiger partial charge >= 0.3 is 5.97 Å². The SMILES string of the molecule is NC(=O)/C=C\C(=O)O.Nc1n[nH]c(N)n1. The lowest BCUT2D eigenvalue weighted by Gasteiger charge is -1.75. The van der Waals surface area contributed by atoms with Crippen molar-refractivity contribution < 1.29 is 14.7 Å². The van der Waals surface area contributed by atoms with Gasteiger partial charge in [0, 0.05) is 12.2 Å². The van der Waals surface area contributed by atoms with Gasteiger partial charge in [-0.3, -0.25) is 4.79 Å². The topological polar surface area (TPSA) is 174 Å². The van der Waals surface area contributed by atoms with Gasteiger partial charge in [-0.05, 0) is 0 Å². The number of aromatic amines is 1. The Kier molecular flexibility index (Phi) is 4.94. The van der Waals surface area contributed by atoms with Crippen LogP contribution >= 0.6 is 0 Å². The number of nitrogens with one attached hydrogen (secondary N) is 1. The minimum absolute atomic E-state index is 0.178. The molecule has 8 N–H and O–H groups in total. The average Bonchev–Trinajstić information content (AvgIpc) is 2.47. The number of H-pyrrole nitrogens is 1. The van der Waals surface area contributed by atoms with Crippen LogP contribution in [0.25, 0.3) is 0 Å². The number of amides is 1. The zero-order valence-electron chi connectivity index (χ0n) is 7.54. The van der Waals surface area contributed by atoms with E-state index in [1.807, 2.05) is 0 Å². The Morgan fingerprint density at radius 2 is 1.93 bits per heavy atom. The molecular formula is C6H10N6O3. The van der Waals surface area contributed by atoms with Crippen LogP contribution in [0.3, 0.4) is 0 Å². The van der Waals surface area contributed by atoms with Crippen molar-refractivity contribution in [2.45, 2.75) is 0 Å². The van der Waals surface area contributed by atoms with Crippen LogP contribution in [-0.2, 0) is 9.59 Å². The smallest absolute Gasteiger partial charge is 0.328 e. The van der Waals surface area contributed by atoms with Crippen LogP contribution in [0.15, 0.2) is 12.2 Å². The summed E-state index contributed by atoms with van der Waals surface area (Å²) in [7, 11) is 0. The summed E-state index contributed by atoms with van der Waals surface area (Å²) in [5, 5.41) is 13.7. The number of aliphatic carboxylic acids is 1. The standard InChI is InChI=1S/C4H5NO3.C2H5N5/c5-3(6)1-2-4(7)8;3-1-5-2(4)7-6-1/h1-2H,(H2,5,6)(H,7,8);(H5,3,4,5,6,7)/b2-1-;. The second kappa shape index (κ2) is 5.96. The molecular weight excluding hydrogens is 204 g/mol. The van der Waals surface area contributed by atoms with Crippen LogP contribution in [0.4, 0.5) is 11.9 Å². The van der Waals surface area contributed by atoms with Gasteiger partial charge in [-0.2, -0.15) is 4.98 Å². The minimum Gasteiger partial charge on any atom is -0.478 e. The molecule has 0 saturated heterocycles. The predicted molar refractivity (Wildman–Crippen MR) is 51.2 cm³/mol. The molecule has 0 unspecified atom stereocenters. The van der Waals surface area contributed by atoms with Crippen molar-refractivity contribution in [3.8, 4) is 0 Å². The van der Waals surface area contributed by atoms with E-state index in [0.717, 1.165) is 6.08 Å². The Bertz CT molecular complexity index is 338. The number of rotatable bonds is 2. The Morgan fingerprint density at radius 3 is 2.07 bits per heavy atom. The highest BCUT2D eigenvalue weighted by Crippen LogP contribution is 1.89. The summed E-state index contributed by atoms with van der Waals surface area (Å²) in [5.41, 5.74) is 14.7. The molecule has 0 radical (unpaired) electrons. The average molecular weight is 214 g/mol. The lowest BCUT2D eigenvalue weighted by Crippen LogP contribution is -2.06. The molecule has 1 aromatic rings. The molecule has 0 spiro atoms. The van der Waals surface area contributed by atoms with Gasteiger partial charge in [0.15, 0.2) is 0 Å². The largest absolute Gasteiger partial charge is 0.478 e. The third-order valence-corrected chi connectivity index (χ3v) is 0.910. The maximum Gasteiger partial charge on any atom is 0.328 e. The quantitative estimate of drug-likeness (QED) is 0.356. The fourth-order valence-electron chi connectivity index (χ4n) is 0.441. The Morgan fingerprint density at radius 1 is 1.33 bits per heavy atom. The fourth-order valence-corrected chi connectivity index (χ4v) is 0.441.